The van der Waals surface area contributed by atoms with Crippen molar-refractivity contribution in [2.75, 3.05) is 13.7 Å². The van der Waals surface area contributed by atoms with Crippen LogP contribution in [0.1, 0.15) is 25.3 Å². The number of hydrogen-bond donors (Lipinski definition) is 0. The van der Waals surface area contributed by atoms with E-state index in [1.807, 2.05) is 0 Å². The standard InChI is InChI=1S/C16H18O4/c1-5-14(12-7-9-13(19-4)10-8-12)15(11(3)17)16(18)20-6-2/h1,7-10,14-15H,6H2,2-4H3. The molecule has 0 aliphatic heterocycles. The molecule has 0 heterocycles. The lowest BCUT2D eigenvalue weighted by Crippen LogP contribution is -2.30. The summed E-state index contributed by atoms with van der Waals surface area (Å²) >= 11 is 0. The summed E-state index contributed by atoms with van der Waals surface area (Å²) in [6.07, 6.45) is 5.51. The van der Waals surface area contributed by atoms with Crippen LogP contribution in [0.4, 0.5) is 0 Å². The van der Waals surface area contributed by atoms with Gasteiger partial charge in [-0.3, -0.25) is 9.59 Å². The predicted octanol–water partition coefficient (Wildman–Crippen LogP) is 2.18. The highest BCUT2D eigenvalue weighted by molar-refractivity contribution is 5.99. The van der Waals surface area contributed by atoms with Crippen LogP contribution in [0.25, 0.3) is 0 Å². The highest BCUT2D eigenvalue weighted by Gasteiger charge is 2.33. The minimum absolute atomic E-state index is 0.211. The maximum absolute atomic E-state index is 11.9. The van der Waals surface area contributed by atoms with E-state index in [1.165, 1.54) is 6.92 Å². The van der Waals surface area contributed by atoms with Crippen LogP contribution in [0.5, 0.6) is 5.75 Å². The lowest BCUT2D eigenvalue weighted by Gasteiger charge is -2.19. The van der Waals surface area contributed by atoms with Crippen molar-refractivity contribution in [2.45, 2.75) is 19.8 Å². The van der Waals surface area contributed by atoms with Crippen LogP contribution in [-0.2, 0) is 14.3 Å². The number of ether oxygens (including phenoxy) is 2. The molecule has 106 valence electrons. The monoisotopic (exact) mass is 274 g/mol. The van der Waals surface area contributed by atoms with E-state index in [2.05, 4.69) is 5.92 Å². The first kappa shape index (κ1) is 15.8. The Bertz CT molecular complexity index is 510. The smallest absolute Gasteiger partial charge is 0.318 e. The fourth-order valence-electron chi connectivity index (χ4n) is 1.96. The highest BCUT2D eigenvalue weighted by atomic mass is 16.5. The van der Waals surface area contributed by atoms with Crippen molar-refractivity contribution in [3.05, 3.63) is 29.8 Å². The van der Waals surface area contributed by atoms with Gasteiger partial charge in [0.2, 0.25) is 0 Å². The highest BCUT2D eigenvalue weighted by Crippen LogP contribution is 2.27. The Morgan fingerprint density at radius 2 is 1.90 bits per heavy atom. The second kappa shape index (κ2) is 7.34. The fourth-order valence-corrected chi connectivity index (χ4v) is 1.96. The number of carbonyl (C=O) groups excluding carboxylic acids is 2. The van der Waals surface area contributed by atoms with Gasteiger partial charge in [-0.05, 0) is 31.5 Å². The van der Waals surface area contributed by atoms with Crippen LogP contribution in [0, 0.1) is 18.3 Å². The number of rotatable bonds is 6. The van der Waals surface area contributed by atoms with Gasteiger partial charge in [0.05, 0.1) is 19.6 Å². The Labute approximate surface area is 119 Å². The van der Waals surface area contributed by atoms with E-state index in [-0.39, 0.29) is 12.4 Å². The summed E-state index contributed by atoms with van der Waals surface area (Å²) in [4.78, 5) is 23.7. The molecule has 20 heavy (non-hydrogen) atoms. The molecule has 2 atom stereocenters. The van der Waals surface area contributed by atoms with Crippen molar-refractivity contribution in [1.29, 1.82) is 0 Å². The number of esters is 1. The fraction of sp³-hybridized carbons (Fsp3) is 0.375. The largest absolute Gasteiger partial charge is 0.497 e. The third-order valence-electron chi connectivity index (χ3n) is 2.97. The number of terminal acetylenes is 1. The molecule has 4 heteroatoms. The Morgan fingerprint density at radius 3 is 2.30 bits per heavy atom. The normalized spacial score (nSPS) is 12.9. The molecule has 2 unspecified atom stereocenters. The van der Waals surface area contributed by atoms with Gasteiger partial charge in [0, 0.05) is 0 Å². The number of methoxy groups -OCH3 is 1. The van der Waals surface area contributed by atoms with Gasteiger partial charge in [-0.1, -0.05) is 18.1 Å². The van der Waals surface area contributed by atoms with Gasteiger partial charge in [-0.15, -0.1) is 6.42 Å². The predicted molar refractivity (Wildman–Crippen MR) is 75.4 cm³/mol. The summed E-state index contributed by atoms with van der Waals surface area (Å²) in [7, 11) is 1.56. The van der Waals surface area contributed by atoms with E-state index < -0.39 is 17.8 Å². The van der Waals surface area contributed by atoms with Crippen molar-refractivity contribution < 1.29 is 19.1 Å². The molecular weight excluding hydrogens is 256 g/mol. The first-order valence-electron chi connectivity index (χ1n) is 6.32. The maximum Gasteiger partial charge on any atom is 0.318 e. The molecule has 0 aliphatic rings. The minimum atomic E-state index is -0.978. The van der Waals surface area contributed by atoms with Crippen LogP contribution in [0.15, 0.2) is 24.3 Å². The van der Waals surface area contributed by atoms with Gasteiger partial charge in [0.1, 0.15) is 17.5 Å². The topological polar surface area (TPSA) is 52.6 Å². The van der Waals surface area contributed by atoms with Crippen LogP contribution in [0.2, 0.25) is 0 Å². The van der Waals surface area contributed by atoms with E-state index in [0.29, 0.717) is 11.3 Å². The Morgan fingerprint density at radius 1 is 1.30 bits per heavy atom. The van der Waals surface area contributed by atoms with Crippen LogP contribution >= 0.6 is 0 Å². The van der Waals surface area contributed by atoms with Gasteiger partial charge in [0.25, 0.3) is 0 Å². The first-order chi connectivity index (χ1) is 9.54. The van der Waals surface area contributed by atoms with E-state index in [0.717, 1.165) is 0 Å². The van der Waals surface area contributed by atoms with Gasteiger partial charge >= 0.3 is 5.97 Å². The summed E-state index contributed by atoms with van der Waals surface area (Å²) < 4.78 is 10.0. The van der Waals surface area contributed by atoms with E-state index in [4.69, 9.17) is 15.9 Å². The maximum atomic E-state index is 11.9. The van der Waals surface area contributed by atoms with Crippen LogP contribution in [-0.4, -0.2) is 25.5 Å². The third kappa shape index (κ3) is 3.61. The van der Waals surface area contributed by atoms with Crippen molar-refractivity contribution in [1.82, 2.24) is 0 Å². The summed E-state index contributed by atoms with van der Waals surface area (Å²) in [5.41, 5.74) is 0.710. The van der Waals surface area contributed by atoms with Gasteiger partial charge in [-0.25, -0.2) is 0 Å². The number of Topliss-reactive ketones (excluding diaryl/α,β-unsaturated/α-hetero) is 1. The summed E-state index contributed by atoms with van der Waals surface area (Å²) in [5.74, 6) is 0.687. The second-order valence-corrected chi connectivity index (χ2v) is 4.26. The molecule has 4 nitrogen and oxygen atoms in total. The average Bonchev–Trinajstić information content (AvgIpc) is 2.44. The molecule has 1 aromatic carbocycles. The average molecular weight is 274 g/mol. The number of benzene rings is 1. The third-order valence-corrected chi connectivity index (χ3v) is 2.97. The van der Waals surface area contributed by atoms with Gasteiger partial charge in [-0.2, -0.15) is 0 Å². The molecule has 0 aromatic heterocycles. The zero-order chi connectivity index (χ0) is 15.1. The number of ketones is 1. The molecule has 0 N–H and O–H groups in total. The van der Waals surface area contributed by atoms with Gasteiger partial charge in [0.15, 0.2) is 0 Å². The van der Waals surface area contributed by atoms with E-state index >= 15 is 0 Å². The zero-order valence-electron chi connectivity index (χ0n) is 11.9. The Hall–Kier alpha value is -2.28. The van der Waals surface area contributed by atoms with Crippen molar-refractivity contribution >= 4 is 11.8 Å². The lowest BCUT2D eigenvalue weighted by atomic mass is 9.84. The van der Waals surface area contributed by atoms with Crippen molar-refractivity contribution in [3.8, 4) is 18.1 Å². The van der Waals surface area contributed by atoms with E-state index in [9.17, 15) is 9.59 Å². The Kier molecular flexibility index (Phi) is 5.79. The number of carbonyl (C=O) groups is 2. The van der Waals surface area contributed by atoms with Gasteiger partial charge < -0.3 is 9.47 Å². The molecule has 0 radical (unpaired) electrons. The van der Waals surface area contributed by atoms with Crippen LogP contribution < -0.4 is 4.74 Å². The molecule has 0 saturated carbocycles. The summed E-state index contributed by atoms with van der Waals surface area (Å²) in [6, 6.07) is 6.97. The molecule has 1 aromatic rings. The molecule has 0 amide bonds. The lowest BCUT2D eigenvalue weighted by molar-refractivity contribution is -0.151. The Balaban J connectivity index is 3.10. The van der Waals surface area contributed by atoms with E-state index in [1.54, 1.807) is 38.3 Å². The second-order valence-electron chi connectivity index (χ2n) is 4.26. The summed E-state index contributed by atoms with van der Waals surface area (Å²) in [6.45, 7) is 3.24. The molecule has 0 aliphatic carbocycles. The van der Waals surface area contributed by atoms with Crippen LogP contribution in [0.3, 0.4) is 0 Å². The molecule has 0 fully saturated rings. The van der Waals surface area contributed by atoms with Crippen molar-refractivity contribution in [2.24, 2.45) is 5.92 Å². The first-order valence-corrected chi connectivity index (χ1v) is 6.32. The molecule has 0 spiro atoms. The molecular formula is C16H18O4. The summed E-state index contributed by atoms with van der Waals surface area (Å²) in [5, 5.41) is 0. The quantitative estimate of drug-likeness (QED) is 0.453. The van der Waals surface area contributed by atoms with Crippen molar-refractivity contribution in [3.63, 3.8) is 0 Å². The molecule has 0 saturated heterocycles. The SMILES string of the molecule is C#CC(c1ccc(OC)cc1)C(C(C)=O)C(=O)OCC. The zero-order valence-corrected chi connectivity index (χ0v) is 11.9. The minimum Gasteiger partial charge on any atom is -0.497 e. The molecule has 1 rings (SSSR count). The number of hydrogen-bond acceptors (Lipinski definition) is 4. The molecule has 0 bridgehead atoms.